The summed E-state index contributed by atoms with van der Waals surface area (Å²) in [5, 5.41) is 13.5. The van der Waals surface area contributed by atoms with Gasteiger partial charge in [-0.15, -0.1) is 0 Å². The molecular weight excluding hydrogens is 279 g/mol. The molecule has 0 atom stereocenters. The molecule has 0 saturated carbocycles. The predicted octanol–water partition coefficient (Wildman–Crippen LogP) is 2.24. The Kier molecular flexibility index (Phi) is 6.35. The molecule has 0 heterocycles. The summed E-state index contributed by atoms with van der Waals surface area (Å²) < 4.78 is 18.7. The van der Waals surface area contributed by atoms with Gasteiger partial charge in [-0.05, 0) is 25.1 Å². The molecule has 0 aliphatic heterocycles. The Morgan fingerprint density at radius 1 is 1.43 bits per heavy atom. The largest absolute Gasteiger partial charge is 0.478 e. The summed E-state index contributed by atoms with van der Waals surface area (Å²) in [4.78, 5) is 22.2. The first-order chi connectivity index (χ1) is 9.90. The van der Waals surface area contributed by atoms with E-state index in [1.54, 1.807) is 0 Å². The zero-order valence-corrected chi connectivity index (χ0v) is 11.6. The number of ether oxygens (including phenoxy) is 1. The van der Waals surface area contributed by atoms with Crippen molar-refractivity contribution in [2.75, 3.05) is 25.1 Å². The maximum atomic E-state index is 13.6. The Bertz CT molecular complexity index is 546. The van der Waals surface area contributed by atoms with E-state index in [9.17, 15) is 14.0 Å². The first-order valence-corrected chi connectivity index (χ1v) is 6.20. The van der Waals surface area contributed by atoms with Gasteiger partial charge in [-0.2, -0.15) is 0 Å². The molecule has 0 aliphatic carbocycles. The highest BCUT2D eigenvalue weighted by Crippen LogP contribution is 2.15. The highest BCUT2D eigenvalue weighted by atomic mass is 19.1. The van der Waals surface area contributed by atoms with Crippen LogP contribution in [0.3, 0.4) is 0 Å². The van der Waals surface area contributed by atoms with Gasteiger partial charge < -0.3 is 20.5 Å². The van der Waals surface area contributed by atoms with Crippen molar-refractivity contribution in [3.63, 3.8) is 0 Å². The Labute approximate surface area is 121 Å². The molecule has 1 aromatic carbocycles. The monoisotopic (exact) mass is 296 g/mol. The van der Waals surface area contributed by atoms with Crippen LogP contribution in [-0.4, -0.2) is 36.9 Å². The van der Waals surface area contributed by atoms with Crippen molar-refractivity contribution in [2.45, 2.75) is 6.92 Å². The summed E-state index contributed by atoms with van der Waals surface area (Å²) in [6.07, 6.45) is 0. The molecule has 6 nitrogen and oxygen atoms in total. The second-order valence-electron chi connectivity index (χ2n) is 4.39. The molecule has 1 rings (SSSR count). The van der Waals surface area contributed by atoms with E-state index in [1.807, 2.05) is 6.92 Å². The third-order valence-corrected chi connectivity index (χ3v) is 2.34. The van der Waals surface area contributed by atoms with E-state index in [4.69, 9.17) is 9.84 Å². The zero-order valence-electron chi connectivity index (χ0n) is 11.6. The maximum Gasteiger partial charge on any atom is 0.335 e. The van der Waals surface area contributed by atoms with Gasteiger partial charge >= 0.3 is 12.0 Å². The topological polar surface area (TPSA) is 87.7 Å². The molecule has 114 valence electrons. The second-order valence-corrected chi connectivity index (χ2v) is 4.39. The summed E-state index contributed by atoms with van der Waals surface area (Å²) >= 11 is 0. The second kappa shape index (κ2) is 8.01. The van der Waals surface area contributed by atoms with E-state index in [-0.39, 0.29) is 17.8 Å². The van der Waals surface area contributed by atoms with Crippen LogP contribution in [0.1, 0.15) is 17.3 Å². The summed E-state index contributed by atoms with van der Waals surface area (Å²) in [5.41, 5.74) is 0.590. The molecule has 0 aromatic heterocycles. The minimum Gasteiger partial charge on any atom is -0.478 e. The third-order valence-electron chi connectivity index (χ3n) is 2.34. The lowest BCUT2D eigenvalue weighted by Gasteiger charge is -2.09. The van der Waals surface area contributed by atoms with Crippen molar-refractivity contribution in [3.05, 3.63) is 41.7 Å². The lowest BCUT2D eigenvalue weighted by Crippen LogP contribution is -2.32. The number of nitrogens with one attached hydrogen (secondary N) is 2. The van der Waals surface area contributed by atoms with Gasteiger partial charge in [0.05, 0.1) is 24.5 Å². The van der Waals surface area contributed by atoms with Gasteiger partial charge in [-0.25, -0.2) is 14.0 Å². The number of carbonyl (C=O) groups excluding carboxylic acids is 1. The SMILES string of the molecule is C=C(C)COCCNC(=O)Nc1ccc(C(=O)O)cc1F. The molecule has 7 heteroatoms. The molecule has 0 bridgehead atoms. The van der Waals surface area contributed by atoms with Crippen LogP contribution >= 0.6 is 0 Å². The van der Waals surface area contributed by atoms with Gasteiger partial charge in [-0.1, -0.05) is 12.2 Å². The fourth-order valence-electron chi connectivity index (χ4n) is 1.40. The Balaban J connectivity index is 2.41. The molecule has 0 spiro atoms. The Morgan fingerprint density at radius 3 is 2.71 bits per heavy atom. The summed E-state index contributed by atoms with van der Waals surface area (Å²) in [5.74, 6) is -2.05. The summed E-state index contributed by atoms with van der Waals surface area (Å²) in [6, 6.07) is 2.64. The quantitative estimate of drug-likeness (QED) is 0.532. The van der Waals surface area contributed by atoms with E-state index in [1.165, 1.54) is 12.1 Å². The number of carbonyl (C=O) groups is 2. The Hall–Kier alpha value is -2.41. The first kappa shape index (κ1) is 16.6. The van der Waals surface area contributed by atoms with E-state index < -0.39 is 17.8 Å². The van der Waals surface area contributed by atoms with Crippen LogP contribution in [0.25, 0.3) is 0 Å². The fraction of sp³-hybridized carbons (Fsp3) is 0.286. The molecule has 0 aliphatic rings. The molecule has 21 heavy (non-hydrogen) atoms. The fourth-order valence-corrected chi connectivity index (χ4v) is 1.40. The molecule has 0 unspecified atom stereocenters. The van der Waals surface area contributed by atoms with Crippen LogP contribution in [0.5, 0.6) is 0 Å². The molecule has 2 amide bonds. The molecule has 3 N–H and O–H groups in total. The van der Waals surface area contributed by atoms with Gasteiger partial charge in [0.2, 0.25) is 0 Å². The zero-order chi connectivity index (χ0) is 15.8. The molecule has 0 radical (unpaired) electrons. The number of urea groups is 1. The van der Waals surface area contributed by atoms with Crippen molar-refractivity contribution in [1.82, 2.24) is 5.32 Å². The highest BCUT2D eigenvalue weighted by Gasteiger charge is 2.10. The number of halogens is 1. The molecular formula is C14H17FN2O4. The summed E-state index contributed by atoms with van der Waals surface area (Å²) in [7, 11) is 0. The number of rotatable bonds is 7. The van der Waals surface area contributed by atoms with E-state index in [2.05, 4.69) is 17.2 Å². The third kappa shape index (κ3) is 6.05. The van der Waals surface area contributed by atoms with Crippen LogP contribution in [0.4, 0.5) is 14.9 Å². The van der Waals surface area contributed by atoms with E-state index in [0.29, 0.717) is 13.2 Å². The smallest absolute Gasteiger partial charge is 0.335 e. The lowest BCUT2D eigenvalue weighted by molar-refractivity contribution is 0.0696. The van der Waals surface area contributed by atoms with Gasteiger partial charge in [-0.3, -0.25) is 0 Å². The number of amides is 2. The first-order valence-electron chi connectivity index (χ1n) is 6.20. The Morgan fingerprint density at radius 2 is 2.14 bits per heavy atom. The van der Waals surface area contributed by atoms with Crippen LogP contribution in [0, 0.1) is 5.82 Å². The van der Waals surface area contributed by atoms with Gasteiger partial charge in [0.25, 0.3) is 0 Å². The highest BCUT2D eigenvalue weighted by molar-refractivity contribution is 5.91. The lowest BCUT2D eigenvalue weighted by atomic mass is 10.2. The summed E-state index contributed by atoms with van der Waals surface area (Å²) in [6.45, 7) is 6.46. The van der Waals surface area contributed by atoms with Crippen molar-refractivity contribution < 1.29 is 23.8 Å². The number of carboxylic acid groups (broad SMARTS) is 1. The van der Waals surface area contributed by atoms with Gasteiger partial charge in [0.15, 0.2) is 0 Å². The average Bonchev–Trinajstić information content (AvgIpc) is 2.40. The number of hydrogen-bond acceptors (Lipinski definition) is 3. The van der Waals surface area contributed by atoms with Crippen LogP contribution in [0.2, 0.25) is 0 Å². The normalized spacial score (nSPS) is 10.0. The van der Waals surface area contributed by atoms with Crippen LogP contribution < -0.4 is 10.6 Å². The number of hydrogen-bond donors (Lipinski definition) is 3. The van der Waals surface area contributed by atoms with Gasteiger partial charge in [0, 0.05) is 6.54 Å². The van der Waals surface area contributed by atoms with Crippen molar-refractivity contribution in [1.29, 1.82) is 0 Å². The number of carboxylic acids is 1. The minimum absolute atomic E-state index is 0.0969. The average molecular weight is 296 g/mol. The molecule has 1 aromatic rings. The van der Waals surface area contributed by atoms with Crippen molar-refractivity contribution >= 4 is 17.7 Å². The number of benzene rings is 1. The number of aromatic carboxylic acids is 1. The van der Waals surface area contributed by atoms with Crippen LogP contribution in [-0.2, 0) is 4.74 Å². The molecule has 0 saturated heterocycles. The predicted molar refractivity (Wildman–Crippen MR) is 76.0 cm³/mol. The van der Waals surface area contributed by atoms with E-state index in [0.717, 1.165) is 11.6 Å². The van der Waals surface area contributed by atoms with Crippen LogP contribution in [0.15, 0.2) is 30.4 Å². The maximum absolute atomic E-state index is 13.6. The van der Waals surface area contributed by atoms with E-state index >= 15 is 0 Å². The number of anilines is 1. The van der Waals surface area contributed by atoms with Crippen molar-refractivity contribution in [2.24, 2.45) is 0 Å². The minimum atomic E-state index is -1.24. The standard InChI is InChI=1S/C14H17FN2O4/c1-9(2)8-21-6-5-16-14(20)17-12-4-3-10(13(18)19)7-11(12)15/h3-4,7H,1,5-6,8H2,2H3,(H,18,19)(H2,16,17,20). The molecule has 0 fully saturated rings. The van der Waals surface area contributed by atoms with Crippen molar-refractivity contribution in [3.8, 4) is 0 Å². The van der Waals surface area contributed by atoms with Gasteiger partial charge in [0.1, 0.15) is 5.82 Å².